The zero-order chi connectivity index (χ0) is 12.7. The summed E-state index contributed by atoms with van der Waals surface area (Å²) in [5.74, 6) is -0.0957. The van der Waals surface area contributed by atoms with Crippen LogP contribution in [0, 0.1) is 0 Å². The average molecular weight is 236 g/mol. The highest BCUT2D eigenvalue weighted by molar-refractivity contribution is 5.73. The first kappa shape index (κ1) is 13.4. The van der Waals surface area contributed by atoms with E-state index in [-0.39, 0.29) is 19.0 Å². The fourth-order valence-electron chi connectivity index (χ4n) is 1.47. The van der Waals surface area contributed by atoms with Crippen LogP contribution in [0.1, 0.15) is 12.5 Å². The SMILES string of the molecule is CC(=O)N(C/C(=C/F)CN)Cc1ccccc1. The highest BCUT2D eigenvalue weighted by Gasteiger charge is 2.11. The number of carbonyl (C=O) groups is 1. The lowest BCUT2D eigenvalue weighted by Gasteiger charge is -2.21. The molecule has 0 radical (unpaired) electrons. The minimum Gasteiger partial charge on any atom is -0.334 e. The zero-order valence-corrected chi connectivity index (χ0v) is 9.90. The number of nitrogens with zero attached hydrogens (tertiary/aromatic N) is 1. The molecule has 0 aliphatic carbocycles. The van der Waals surface area contributed by atoms with Gasteiger partial charge in [-0.05, 0) is 11.1 Å². The lowest BCUT2D eigenvalue weighted by atomic mass is 10.2. The Balaban J connectivity index is 2.71. The van der Waals surface area contributed by atoms with Crippen molar-refractivity contribution in [2.24, 2.45) is 5.73 Å². The predicted octanol–water partition coefficient (Wildman–Crippen LogP) is 1.85. The molecule has 0 fully saturated rings. The highest BCUT2D eigenvalue weighted by Crippen LogP contribution is 2.07. The largest absolute Gasteiger partial charge is 0.334 e. The van der Waals surface area contributed by atoms with Gasteiger partial charge in [0.25, 0.3) is 0 Å². The molecule has 0 aliphatic rings. The van der Waals surface area contributed by atoms with Crippen molar-refractivity contribution in [3.63, 3.8) is 0 Å². The van der Waals surface area contributed by atoms with Crippen molar-refractivity contribution >= 4 is 5.91 Å². The van der Waals surface area contributed by atoms with Crippen LogP contribution in [-0.2, 0) is 11.3 Å². The summed E-state index contributed by atoms with van der Waals surface area (Å²) in [4.78, 5) is 13.0. The van der Waals surface area contributed by atoms with E-state index in [9.17, 15) is 9.18 Å². The summed E-state index contributed by atoms with van der Waals surface area (Å²) in [7, 11) is 0. The monoisotopic (exact) mass is 236 g/mol. The molecule has 0 aliphatic heterocycles. The summed E-state index contributed by atoms with van der Waals surface area (Å²) in [6.45, 7) is 2.29. The number of nitrogens with two attached hydrogens (primary N) is 1. The molecule has 0 heterocycles. The number of hydrogen-bond acceptors (Lipinski definition) is 2. The Hall–Kier alpha value is -1.68. The van der Waals surface area contributed by atoms with Gasteiger partial charge in [-0.2, -0.15) is 0 Å². The Morgan fingerprint density at radius 3 is 2.53 bits per heavy atom. The lowest BCUT2D eigenvalue weighted by Crippen LogP contribution is -2.31. The molecule has 17 heavy (non-hydrogen) atoms. The second-order valence-electron chi connectivity index (χ2n) is 3.83. The van der Waals surface area contributed by atoms with Crippen LogP contribution in [0.4, 0.5) is 4.39 Å². The van der Waals surface area contributed by atoms with E-state index in [4.69, 9.17) is 5.73 Å². The fraction of sp³-hybridized carbons (Fsp3) is 0.308. The molecule has 92 valence electrons. The van der Waals surface area contributed by atoms with Crippen LogP contribution in [0.25, 0.3) is 0 Å². The van der Waals surface area contributed by atoms with Gasteiger partial charge < -0.3 is 10.6 Å². The van der Waals surface area contributed by atoms with E-state index in [1.165, 1.54) is 6.92 Å². The summed E-state index contributed by atoms with van der Waals surface area (Å²) in [6, 6.07) is 9.58. The molecule has 0 aromatic heterocycles. The minimum atomic E-state index is -0.0957. The van der Waals surface area contributed by atoms with Crippen molar-refractivity contribution in [1.29, 1.82) is 0 Å². The molecule has 3 nitrogen and oxygen atoms in total. The number of carbonyl (C=O) groups excluding carboxylic acids is 1. The molecule has 2 N–H and O–H groups in total. The van der Waals surface area contributed by atoms with Gasteiger partial charge in [-0.15, -0.1) is 0 Å². The predicted molar refractivity (Wildman–Crippen MR) is 65.8 cm³/mol. The Morgan fingerprint density at radius 2 is 2.06 bits per heavy atom. The third-order valence-electron chi connectivity index (χ3n) is 2.47. The van der Waals surface area contributed by atoms with E-state index in [1.54, 1.807) is 4.90 Å². The second kappa shape index (κ2) is 6.81. The van der Waals surface area contributed by atoms with Crippen molar-refractivity contribution in [2.45, 2.75) is 13.5 Å². The number of hydrogen-bond donors (Lipinski definition) is 1. The Morgan fingerprint density at radius 1 is 1.41 bits per heavy atom. The van der Waals surface area contributed by atoms with Gasteiger partial charge in [-0.3, -0.25) is 4.79 Å². The molecular formula is C13H17FN2O. The van der Waals surface area contributed by atoms with Gasteiger partial charge in [0.15, 0.2) is 0 Å². The van der Waals surface area contributed by atoms with Gasteiger partial charge in [-0.25, -0.2) is 4.39 Å². The van der Waals surface area contributed by atoms with Crippen LogP contribution in [-0.4, -0.2) is 23.9 Å². The van der Waals surface area contributed by atoms with Crippen LogP contribution in [0.3, 0.4) is 0 Å². The molecule has 0 saturated carbocycles. The van der Waals surface area contributed by atoms with E-state index in [0.29, 0.717) is 18.4 Å². The number of halogens is 1. The van der Waals surface area contributed by atoms with Crippen LogP contribution in [0.2, 0.25) is 0 Å². The Kier molecular flexibility index (Phi) is 5.36. The first-order valence-corrected chi connectivity index (χ1v) is 5.45. The third kappa shape index (κ3) is 4.36. The van der Waals surface area contributed by atoms with Gasteiger partial charge in [-0.1, -0.05) is 30.3 Å². The summed E-state index contributed by atoms with van der Waals surface area (Å²) in [5.41, 5.74) is 6.80. The van der Waals surface area contributed by atoms with Gasteiger partial charge in [0.2, 0.25) is 5.91 Å². The van der Waals surface area contributed by atoms with E-state index in [0.717, 1.165) is 5.56 Å². The van der Waals surface area contributed by atoms with Crippen molar-refractivity contribution in [3.8, 4) is 0 Å². The van der Waals surface area contributed by atoms with E-state index >= 15 is 0 Å². The molecule has 1 rings (SSSR count). The van der Waals surface area contributed by atoms with Gasteiger partial charge in [0.1, 0.15) is 0 Å². The first-order valence-electron chi connectivity index (χ1n) is 5.45. The summed E-state index contributed by atoms with van der Waals surface area (Å²) < 4.78 is 12.4. The molecular weight excluding hydrogens is 219 g/mol. The number of amides is 1. The number of benzene rings is 1. The van der Waals surface area contributed by atoms with E-state index in [2.05, 4.69) is 0 Å². The minimum absolute atomic E-state index is 0.0957. The van der Waals surface area contributed by atoms with Gasteiger partial charge in [0, 0.05) is 26.6 Å². The van der Waals surface area contributed by atoms with E-state index < -0.39 is 0 Å². The van der Waals surface area contributed by atoms with Crippen molar-refractivity contribution in [2.75, 3.05) is 13.1 Å². The smallest absolute Gasteiger partial charge is 0.220 e. The van der Waals surface area contributed by atoms with Crippen LogP contribution in [0.5, 0.6) is 0 Å². The summed E-state index contributed by atoms with van der Waals surface area (Å²) in [5, 5.41) is 0. The Bertz CT molecular complexity index is 390. The highest BCUT2D eigenvalue weighted by atomic mass is 19.1. The molecule has 1 aromatic carbocycles. The summed E-state index contributed by atoms with van der Waals surface area (Å²) >= 11 is 0. The van der Waals surface area contributed by atoms with Gasteiger partial charge in [0.05, 0.1) is 6.33 Å². The maximum absolute atomic E-state index is 12.4. The maximum atomic E-state index is 12.4. The normalized spacial score (nSPS) is 11.4. The van der Waals surface area contributed by atoms with Crippen molar-refractivity contribution in [1.82, 2.24) is 4.90 Å². The molecule has 0 unspecified atom stereocenters. The second-order valence-corrected chi connectivity index (χ2v) is 3.83. The first-order chi connectivity index (χ1) is 8.17. The van der Waals surface area contributed by atoms with Crippen molar-refractivity contribution < 1.29 is 9.18 Å². The quantitative estimate of drug-likeness (QED) is 0.848. The van der Waals surface area contributed by atoms with Crippen molar-refractivity contribution in [3.05, 3.63) is 47.8 Å². The zero-order valence-electron chi connectivity index (χ0n) is 9.90. The van der Waals surface area contributed by atoms with Crippen LogP contribution in [0.15, 0.2) is 42.2 Å². The molecule has 1 aromatic rings. The Labute approximate surface area is 101 Å². The van der Waals surface area contributed by atoms with Crippen LogP contribution >= 0.6 is 0 Å². The molecule has 4 heteroatoms. The lowest BCUT2D eigenvalue weighted by molar-refractivity contribution is -0.129. The molecule has 0 spiro atoms. The van der Waals surface area contributed by atoms with E-state index in [1.807, 2.05) is 30.3 Å². The average Bonchev–Trinajstić information content (AvgIpc) is 2.35. The van der Waals surface area contributed by atoms with Crippen LogP contribution < -0.4 is 5.73 Å². The molecule has 1 amide bonds. The van der Waals surface area contributed by atoms with Gasteiger partial charge >= 0.3 is 0 Å². The summed E-state index contributed by atoms with van der Waals surface area (Å²) in [6.07, 6.45) is 0.473. The third-order valence-corrected chi connectivity index (χ3v) is 2.47. The molecule has 0 atom stereocenters. The fourth-order valence-corrected chi connectivity index (χ4v) is 1.47. The maximum Gasteiger partial charge on any atom is 0.220 e. The molecule has 0 saturated heterocycles. The number of rotatable bonds is 5. The molecule has 0 bridgehead atoms. The topological polar surface area (TPSA) is 46.3 Å². The standard InChI is InChI=1S/C13H17FN2O/c1-11(17)16(10-13(7-14)8-15)9-12-5-3-2-4-6-12/h2-7H,8-10,15H2,1H3/b13-7+.